The van der Waals surface area contributed by atoms with Gasteiger partial charge in [-0.1, -0.05) is 61.8 Å². The van der Waals surface area contributed by atoms with Gasteiger partial charge < -0.3 is 98.6 Å². The predicted molar refractivity (Wildman–Crippen MR) is 300 cm³/mol. The van der Waals surface area contributed by atoms with Crippen molar-refractivity contribution < 1.29 is 58.2 Å². The zero-order valence-corrected chi connectivity index (χ0v) is 47.5. The maximum atomic E-state index is 14.3. The van der Waals surface area contributed by atoms with Crippen LogP contribution < -0.4 is 88.4 Å². The molecule has 0 radical (unpaired) electrons. The first-order valence-corrected chi connectivity index (χ1v) is 26.8. The van der Waals surface area contributed by atoms with Gasteiger partial charge in [-0.05, 0) is 81.5 Å². The maximum absolute atomic E-state index is 14.3. The molecule has 80 heavy (non-hydrogen) atoms. The fraction of sp³-hybridized carbons (Fsp3) is 0.735. The lowest BCUT2D eigenvalue weighted by Gasteiger charge is -2.30. The van der Waals surface area contributed by atoms with Gasteiger partial charge in [-0.3, -0.25) is 58.1 Å². The van der Waals surface area contributed by atoms with E-state index in [1.54, 1.807) is 55.4 Å². The Morgan fingerprint density at radius 3 is 1.15 bits per heavy atom. The molecule has 10 atom stereocenters. The van der Waals surface area contributed by atoms with E-state index in [1.807, 2.05) is 0 Å². The molecule has 0 aromatic heterocycles. The van der Waals surface area contributed by atoms with Gasteiger partial charge in [-0.2, -0.15) is 0 Å². The quantitative estimate of drug-likeness (QED) is 0.0155. The third-order valence-electron chi connectivity index (χ3n) is 12.1. The SMILES string of the molecule is CC[C@H](C)[C@H](NC(=O)[C@H](CC(C)C)NC(=O)[C@H](CCCN=C(N)N)NC(=O)[C@H](CC(N)=O)NC(=O)[C@H](CO)NC(=O)[C@H](CC(C)C)NC(=O)[C@@H](N)CCCN=C(N)N)C(=O)N[C@@H](CC(C)C)C(=O)N[C@@H](CCCN=C(N)N)C(=O)O. The van der Waals surface area contributed by atoms with Crippen LogP contribution >= 0.6 is 0 Å². The smallest absolute Gasteiger partial charge is 0.326 e. The van der Waals surface area contributed by atoms with E-state index in [-0.39, 0.29) is 107 Å². The van der Waals surface area contributed by atoms with Crippen molar-refractivity contribution in [2.45, 2.75) is 180 Å². The summed E-state index contributed by atoms with van der Waals surface area (Å²) in [7, 11) is 0. The average molecular weight is 1140 g/mol. The van der Waals surface area contributed by atoms with Gasteiger partial charge in [0, 0.05) is 19.6 Å². The first-order valence-electron chi connectivity index (χ1n) is 26.8. The van der Waals surface area contributed by atoms with E-state index >= 15 is 0 Å². The minimum atomic E-state index is -1.81. The lowest BCUT2D eigenvalue weighted by molar-refractivity contribution is -0.142. The van der Waals surface area contributed by atoms with Crippen LogP contribution in [0.3, 0.4) is 0 Å². The molecule has 0 saturated heterocycles. The van der Waals surface area contributed by atoms with Crippen molar-refractivity contribution in [1.82, 2.24) is 42.5 Å². The van der Waals surface area contributed by atoms with E-state index in [2.05, 4.69) is 57.5 Å². The Morgan fingerprint density at radius 1 is 0.425 bits per heavy atom. The van der Waals surface area contributed by atoms with Crippen LogP contribution in [0.15, 0.2) is 15.0 Å². The molecule has 0 aliphatic heterocycles. The first-order chi connectivity index (χ1) is 37.3. The summed E-state index contributed by atoms with van der Waals surface area (Å²) >= 11 is 0. The molecule has 456 valence electrons. The number of aliphatic hydroxyl groups is 1. The molecule has 0 saturated carbocycles. The second-order valence-corrected chi connectivity index (χ2v) is 20.8. The van der Waals surface area contributed by atoms with E-state index in [0.717, 1.165) is 0 Å². The molecule has 0 aliphatic rings. The number of carbonyl (C=O) groups is 10. The number of rotatable bonds is 40. The number of guanidine groups is 3. The molecule has 0 aromatic carbocycles. The number of amides is 9. The highest BCUT2D eigenvalue weighted by Gasteiger charge is 2.37. The number of nitrogens with one attached hydrogen (secondary N) is 8. The van der Waals surface area contributed by atoms with Gasteiger partial charge >= 0.3 is 5.97 Å². The number of nitrogens with zero attached hydrogens (tertiary/aromatic N) is 3. The average Bonchev–Trinajstić information content (AvgIpc) is 3.35. The van der Waals surface area contributed by atoms with Gasteiger partial charge in [0.25, 0.3) is 0 Å². The topological polar surface area (TPSA) is 553 Å². The summed E-state index contributed by atoms with van der Waals surface area (Å²) in [5, 5.41) is 40.3. The van der Waals surface area contributed by atoms with Crippen LogP contribution in [-0.2, 0) is 47.9 Å². The molecular weight excluding hydrogens is 1050 g/mol. The predicted octanol–water partition coefficient (Wildman–Crippen LogP) is -5.51. The van der Waals surface area contributed by atoms with Gasteiger partial charge in [0.2, 0.25) is 53.2 Å². The highest BCUT2D eigenvalue weighted by Crippen LogP contribution is 2.15. The van der Waals surface area contributed by atoms with Gasteiger partial charge in [-0.25, -0.2) is 4.79 Å². The van der Waals surface area contributed by atoms with E-state index in [0.29, 0.717) is 12.8 Å². The third-order valence-corrected chi connectivity index (χ3v) is 12.1. The fourth-order valence-electron chi connectivity index (χ4n) is 7.75. The van der Waals surface area contributed by atoms with E-state index in [9.17, 15) is 58.2 Å². The van der Waals surface area contributed by atoms with Crippen LogP contribution in [0.2, 0.25) is 0 Å². The Morgan fingerprint density at radius 2 is 0.750 bits per heavy atom. The van der Waals surface area contributed by atoms with Crippen LogP contribution in [0.1, 0.15) is 126 Å². The van der Waals surface area contributed by atoms with Crippen LogP contribution in [0.5, 0.6) is 0 Å². The molecule has 0 aromatic rings. The molecule has 31 heteroatoms. The molecule has 0 unspecified atom stereocenters. The first kappa shape index (κ1) is 72.4. The van der Waals surface area contributed by atoms with Gasteiger partial charge in [-0.15, -0.1) is 0 Å². The second-order valence-electron chi connectivity index (χ2n) is 20.8. The van der Waals surface area contributed by atoms with E-state index in [1.165, 1.54) is 0 Å². The summed E-state index contributed by atoms with van der Waals surface area (Å²) in [5.74, 6) is -11.3. The molecule has 0 rings (SSSR count). The number of carboxylic acids is 1. The standard InChI is InChI=1S/C49H93N19O12/c1-9-27(8)37(45(78)66-32(20-25(4)5)40(73)62-30(46(79)80)15-12-18-60-49(56)57)68-43(76)33(21-26(6)7)64-39(72)29(14-11-17-59-48(54)55)61-42(75)34(22-36(51)70)65-44(77)35(23-69)67-41(74)31(19-24(2)3)63-38(71)28(50)13-10-16-58-47(52)53/h24-35,37,69H,9-23,50H2,1-8H3,(H2,51,70)(H,61,75)(H,62,73)(H,63,71)(H,64,72)(H,65,77)(H,66,78)(H,67,74)(H,68,76)(H,79,80)(H4,52,53,58)(H4,54,55,59)(H4,56,57,60)/t27-,28-,29-,30-,31-,32-,33-,34-,35-,37-/m0/s1. The van der Waals surface area contributed by atoms with Gasteiger partial charge in [0.05, 0.1) is 19.1 Å². The number of nitrogens with two attached hydrogens (primary N) is 8. The molecule has 9 amide bonds. The Hall–Kier alpha value is -7.57. The minimum absolute atomic E-state index is 0.00303. The minimum Gasteiger partial charge on any atom is -0.480 e. The van der Waals surface area contributed by atoms with E-state index in [4.69, 9.17) is 45.9 Å². The van der Waals surface area contributed by atoms with Gasteiger partial charge in [0.1, 0.15) is 48.3 Å². The van der Waals surface area contributed by atoms with Crippen molar-refractivity contribution in [2.24, 2.45) is 84.5 Å². The number of hydrogen-bond donors (Lipinski definition) is 18. The Bertz CT molecular complexity index is 2130. The monoisotopic (exact) mass is 1140 g/mol. The summed E-state index contributed by atoms with van der Waals surface area (Å²) in [6.07, 6.45) is 0.255. The normalized spacial score (nSPS) is 14.9. The Labute approximate surface area is 467 Å². The molecule has 0 heterocycles. The Balaban J connectivity index is 6.73. The summed E-state index contributed by atoms with van der Waals surface area (Å²) < 4.78 is 0. The zero-order valence-electron chi connectivity index (χ0n) is 47.5. The van der Waals surface area contributed by atoms with Crippen molar-refractivity contribution in [3.63, 3.8) is 0 Å². The lowest BCUT2D eigenvalue weighted by atomic mass is 9.95. The molecule has 0 bridgehead atoms. The largest absolute Gasteiger partial charge is 0.480 e. The highest BCUT2D eigenvalue weighted by molar-refractivity contribution is 5.99. The zero-order chi connectivity index (χ0) is 61.4. The molecule has 0 aliphatic carbocycles. The van der Waals surface area contributed by atoms with Crippen molar-refractivity contribution in [3.05, 3.63) is 0 Å². The fourth-order valence-corrected chi connectivity index (χ4v) is 7.75. The second kappa shape index (κ2) is 38.1. The van der Waals surface area contributed by atoms with Crippen molar-refractivity contribution in [3.8, 4) is 0 Å². The summed E-state index contributed by atoms with van der Waals surface area (Å²) in [4.78, 5) is 147. The summed E-state index contributed by atoms with van der Waals surface area (Å²) in [5.41, 5.74) is 43.9. The molecule has 31 nitrogen and oxygen atoms in total. The summed E-state index contributed by atoms with van der Waals surface area (Å²) in [6.45, 7) is 13.3. The highest BCUT2D eigenvalue weighted by atomic mass is 16.4. The number of aliphatic hydroxyl groups excluding tert-OH is 1. The summed E-state index contributed by atoms with van der Waals surface area (Å²) in [6, 6.07) is -12.6. The molecule has 0 spiro atoms. The number of aliphatic carboxylic acids is 1. The lowest BCUT2D eigenvalue weighted by Crippen LogP contribution is -2.61. The molecule has 26 N–H and O–H groups in total. The molecule has 0 fully saturated rings. The van der Waals surface area contributed by atoms with Crippen LogP contribution in [-0.4, -0.2) is 168 Å². The van der Waals surface area contributed by atoms with Gasteiger partial charge in [0.15, 0.2) is 17.9 Å². The van der Waals surface area contributed by atoms with Crippen molar-refractivity contribution >= 4 is 77.0 Å². The maximum Gasteiger partial charge on any atom is 0.326 e. The Kier molecular flexibility index (Phi) is 34.5. The van der Waals surface area contributed by atoms with E-state index < -0.39 is 132 Å². The van der Waals surface area contributed by atoms with Crippen LogP contribution in [0.4, 0.5) is 0 Å². The number of carboxylic acid groups (broad SMARTS) is 1. The molecular formula is C49H93N19O12. The van der Waals surface area contributed by atoms with Crippen molar-refractivity contribution in [1.29, 1.82) is 0 Å². The number of hydrogen-bond acceptors (Lipinski definition) is 15. The number of primary amides is 1. The van der Waals surface area contributed by atoms with Crippen LogP contribution in [0.25, 0.3) is 0 Å². The third kappa shape index (κ3) is 30.5. The van der Waals surface area contributed by atoms with Crippen LogP contribution in [0, 0.1) is 23.7 Å². The van der Waals surface area contributed by atoms with Crippen molar-refractivity contribution in [2.75, 3.05) is 26.2 Å². The number of carbonyl (C=O) groups excluding carboxylic acids is 9. The number of aliphatic imine (C=N–C) groups is 3.